The maximum Gasteiger partial charge on any atom is 0.338 e. The van der Waals surface area contributed by atoms with E-state index < -0.39 is 23.4 Å². The Labute approximate surface area is 199 Å². The van der Waals surface area contributed by atoms with Crippen molar-refractivity contribution in [2.24, 2.45) is 11.8 Å². The van der Waals surface area contributed by atoms with Gasteiger partial charge in [-0.15, -0.1) is 0 Å². The number of carbonyl (C=O) groups is 4. The Morgan fingerprint density at radius 2 is 1.69 bits per heavy atom. The van der Waals surface area contributed by atoms with E-state index in [4.69, 9.17) is 9.47 Å². The van der Waals surface area contributed by atoms with Gasteiger partial charge in [0.15, 0.2) is 6.61 Å². The molecule has 0 unspecified atom stereocenters. The van der Waals surface area contributed by atoms with Crippen LogP contribution < -0.4 is 15.0 Å². The molecule has 11 nitrogen and oxygen atoms in total. The molecule has 0 aromatic heterocycles. The fraction of sp³-hybridized carbons (Fsp3) is 0.250. The largest absolute Gasteiger partial charge is 0.497 e. The second-order valence-corrected chi connectivity index (χ2v) is 7.98. The van der Waals surface area contributed by atoms with Crippen LogP contribution in [-0.4, -0.2) is 42.3 Å². The molecule has 2 aromatic rings. The van der Waals surface area contributed by atoms with Crippen molar-refractivity contribution >= 4 is 40.8 Å². The molecule has 1 heterocycles. The summed E-state index contributed by atoms with van der Waals surface area (Å²) in [4.78, 5) is 61.6. The van der Waals surface area contributed by atoms with Crippen LogP contribution in [0.2, 0.25) is 0 Å². The number of allylic oxidation sites excluding steroid dienone is 2. The van der Waals surface area contributed by atoms with Crippen LogP contribution in [0.4, 0.5) is 17.1 Å². The lowest BCUT2D eigenvalue weighted by Gasteiger charge is -2.15. The van der Waals surface area contributed by atoms with E-state index in [-0.39, 0.29) is 40.6 Å². The Hall–Kier alpha value is -4.54. The minimum Gasteiger partial charge on any atom is -0.497 e. The molecule has 0 bridgehead atoms. The minimum atomic E-state index is -0.816. The van der Waals surface area contributed by atoms with Gasteiger partial charge in [0.05, 0.1) is 35.1 Å². The van der Waals surface area contributed by atoms with Crippen LogP contribution in [0.3, 0.4) is 0 Å². The summed E-state index contributed by atoms with van der Waals surface area (Å²) in [5.41, 5.74) is 0.0132. The van der Waals surface area contributed by atoms with Crippen molar-refractivity contribution in [3.05, 3.63) is 70.3 Å². The highest BCUT2D eigenvalue weighted by Gasteiger charge is 2.47. The number of imide groups is 1. The second-order valence-electron chi connectivity index (χ2n) is 7.98. The molecule has 1 aliphatic heterocycles. The van der Waals surface area contributed by atoms with Gasteiger partial charge in [0.2, 0.25) is 11.8 Å². The van der Waals surface area contributed by atoms with Gasteiger partial charge in [0, 0.05) is 12.1 Å². The molecule has 2 atom stereocenters. The summed E-state index contributed by atoms with van der Waals surface area (Å²) in [6.07, 6.45) is 4.85. The molecule has 1 aliphatic carbocycles. The number of nitro groups is 1. The van der Waals surface area contributed by atoms with E-state index in [1.54, 1.807) is 0 Å². The first-order valence-electron chi connectivity index (χ1n) is 10.7. The predicted molar refractivity (Wildman–Crippen MR) is 123 cm³/mol. The fourth-order valence-electron chi connectivity index (χ4n) is 4.10. The van der Waals surface area contributed by atoms with Crippen LogP contribution in [0.1, 0.15) is 23.2 Å². The Morgan fingerprint density at radius 3 is 2.26 bits per heavy atom. The van der Waals surface area contributed by atoms with Crippen molar-refractivity contribution in [3.8, 4) is 5.75 Å². The van der Waals surface area contributed by atoms with Crippen molar-refractivity contribution in [2.45, 2.75) is 12.8 Å². The number of rotatable bonds is 7. The standard InChI is InChI=1S/C24H21N3O8/c1-34-16-10-11-20(27(32)33)19(12-16)25-21(28)13-35-24(31)14-6-8-15(9-7-14)26-22(29)17-4-2-3-5-18(17)23(26)30/h2-3,6-12,17-18H,4-5,13H2,1H3,(H,25,28)/t17-,18-/m0/s1. The number of esters is 1. The maximum atomic E-state index is 12.7. The van der Waals surface area contributed by atoms with Crippen LogP contribution in [0.15, 0.2) is 54.6 Å². The summed E-state index contributed by atoms with van der Waals surface area (Å²) < 4.78 is 10.0. The quantitative estimate of drug-likeness (QED) is 0.210. The number of hydrogen-bond donors (Lipinski definition) is 1. The molecule has 4 rings (SSSR count). The summed E-state index contributed by atoms with van der Waals surface area (Å²) in [6, 6.07) is 9.57. The number of methoxy groups -OCH3 is 1. The summed E-state index contributed by atoms with van der Waals surface area (Å²) in [7, 11) is 1.37. The Balaban J connectivity index is 1.37. The number of anilines is 2. The van der Waals surface area contributed by atoms with Gasteiger partial charge in [-0.25, -0.2) is 4.79 Å². The van der Waals surface area contributed by atoms with Crippen molar-refractivity contribution in [1.82, 2.24) is 0 Å². The Kier molecular flexibility index (Phi) is 6.58. The molecule has 1 N–H and O–H groups in total. The average molecular weight is 479 g/mol. The highest BCUT2D eigenvalue weighted by molar-refractivity contribution is 6.22. The van der Waals surface area contributed by atoms with Crippen molar-refractivity contribution in [2.75, 3.05) is 23.9 Å². The molecule has 35 heavy (non-hydrogen) atoms. The molecule has 1 fully saturated rings. The summed E-state index contributed by atoms with van der Waals surface area (Å²) in [5, 5.41) is 13.5. The van der Waals surface area contributed by atoms with Crippen LogP contribution in [-0.2, 0) is 19.1 Å². The summed E-state index contributed by atoms with van der Waals surface area (Å²) >= 11 is 0. The van der Waals surface area contributed by atoms with E-state index in [0.717, 1.165) is 4.90 Å². The van der Waals surface area contributed by atoms with Crippen molar-refractivity contribution in [3.63, 3.8) is 0 Å². The first kappa shape index (κ1) is 23.6. The molecule has 3 amide bonds. The smallest absolute Gasteiger partial charge is 0.338 e. The number of benzene rings is 2. The number of hydrogen-bond acceptors (Lipinski definition) is 8. The molecule has 11 heteroatoms. The highest BCUT2D eigenvalue weighted by Crippen LogP contribution is 2.37. The van der Waals surface area contributed by atoms with Crippen LogP contribution in [0.25, 0.3) is 0 Å². The van der Waals surface area contributed by atoms with Gasteiger partial charge < -0.3 is 14.8 Å². The van der Waals surface area contributed by atoms with E-state index in [1.165, 1.54) is 49.6 Å². The molecular weight excluding hydrogens is 458 g/mol. The molecule has 180 valence electrons. The van der Waals surface area contributed by atoms with E-state index in [9.17, 15) is 29.3 Å². The molecule has 1 saturated heterocycles. The summed E-state index contributed by atoms with van der Waals surface area (Å²) in [6.45, 7) is -0.686. The third-order valence-corrected chi connectivity index (χ3v) is 5.88. The lowest BCUT2D eigenvalue weighted by molar-refractivity contribution is -0.383. The molecule has 2 aromatic carbocycles. The van der Waals surface area contributed by atoms with Gasteiger partial charge in [-0.05, 0) is 43.2 Å². The first-order valence-corrected chi connectivity index (χ1v) is 10.7. The van der Waals surface area contributed by atoms with Crippen molar-refractivity contribution < 1.29 is 33.6 Å². The number of ether oxygens (including phenoxy) is 2. The zero-order valence-electron chi connectivity index (χ0n) is 18.6. The van der Waals surface area contributed by atoms with Gasteiger partial charge in [-0.2, -0.15) is 0 Å². The van der Waals surface area contributed by atoms with Crippen LogP contribution >= 0.6 is 0 Å². The topological polar surface area (TPSA) is 145 Å². The SMILES string of the molecule is COc1ccc([N+](=O)[O-])c(NC(=O)COC(=O)c2ccc(N3C(=O)[C@H]4CC=CC[C@@H]4C3=O)cc2)c1. The number of amides is 3. The van der Waals surface area contributed by atoms with Gasteiger partial charge >= 0.3 is 5.97 Å². The van der Waals surface area contributed by atoms with Crippen LogP contribution in [0, 0.1) is 22.0 Å². The molecule has 0 spiro atoms. The number of nitrogens with one attached hydrogen (secondary N) is 1. The zero-order chi connectivity index (χ0) is 25.1. The third kappa shape index (κ3) is 4.74. The average Bonchev–Trinajstić information content (AvgIpc) is 3.12. The predicted octanol–water partition coefficient (Wildman–Crippen LogP) is 2.85. The Morgan fingerprint density at radius 1 is 1.06 bits per heavy atom. The van der Waals surface area contributed by atoms with E-state index in [0.29, 0.717) is 24.3 Å². The van der Waals surface area contributed by atoms with E-state index in [1.807, 2.05) is 12.2 Å². The van der Waals surface area contributed by atoms with Gasteiger partial charge in [0.25, 0.3) is 11.6 Å². The number of nitrogens with zero attached hydrogens (tertiary/aromatic N) is 2. The number of nitro benzene ring substituents is 1. The van der Waals surface area contributed by atoms with Crippen molar-refractivity contribution in [1.29, 1.82) is 0 Å². The zero-order valence-corrected chi connectivity index (χ0v) is 18.6. The highest BCUT2D eigenvalue weighted by atomic mass is 16.6. The lowest BCUT2D eigenvalue weighted by Crippen LogP contribution is -2.30. The number of carbonyl (C=O) groups excluding carboxylic acids is 4. The molecule has 0 saturated carbocycles. The molecular formula is C24H21N3O8. The van der Waals surface area contributed by atoms with Gasteiger partial charge in [-0.3, -0.25) is 29.4 Å². The number of fused-ring (bicyclic) bond motifs is 1. The third-order valence-electron chi connectivity index (χ3n) is 5.88. The van der Waals surface area contributed by atoms with E-state index in [2.05, 4.69) is 5.32 Å². The molecule has 0 radical (unpaired) electrons. The minimum absolute atomic E-state index is 0.101. The maximum absolute atomic E-state index is 12.7. The summed E-state index contributed by atoms with van der Waals surface area (Å²) in [5.74, 6) is -2.55. The van der Waals surface area contributed by atoms with Gasteiger partial charge in [-0.1, -0.05) is 12.2 Å². The van der Waals surface area contributed by atoms with Crippen LogP contribution in [0.5, 0.6) is 5.75 Å². The normalized spacial score (nSPS) is 18.7. The first-order chi connectivity index (χ1) is 16.8. The monoisotopic (exact) mass is 479 g/mol. The molecule has 2 aliphatic rings. The van der Waals surface area contributed by atoms with Gasteiger partial charge in [0.1, 0.15) is 11.4 Å². The lowest BCUT2D eigenvalue weighted by atomic mass is 9.85. The van der Waals surface area contributed by atoms with E-state index >= 15 is 0 Å². The second kappa shape index (κ2) is 9.75. The fourth-order valence-corrected chi connectivity index (χ4v) is 4.10. The Bertz CT molecular complexity index is 1210.